The smallest absolute Gasteiger partial charge is 0.0912 e. The second-order valence-electron chi connectivity index (χ2n) is 6.31. The lowest BCUT2D eigenvalue weighted by molar-refractivity contribution is 0.312. The fraction of sp³-hybridized carbons (Fsp3) is 0.476. The third-order valence-corrected chi connectivity index (χ3v) is 4.87. The van der Waals surface area contributed by atoms with Crippen LogP contribution in [0, 0.1) is 17.2 Å². The van der Waals surface area contributed by atoms with Gasteiger partial charge in [0.05, 0.1) is 6.07 Å². The third-order valence-electron chi connectivity index (χ3n) is 4.87. The van der Waals surface area contributed by atoms with Crippen molar-refractivity contribution < 1.29 is 0 Å². The molecule has 0 aliphatic heterocycles. The summed E-state index contributed by atoms with van der Waals surface area (Å²) in [7, 11) is 0. The fourth-order valence-electron chi connectivity index (χ4n) is 3.42. The monoisotopic (exact) mass is 293 g/mol. The first-order valence-electron chi connectivity index (χ1n) is 8.63. The van der Waals surface area contributed by atoms with Crippen LogP contribution in [0.5, 0.6) is 0 Å². The molecular weight excluding hydrogens is 266 g/mol. The van der Waals surface area contributed by atoms with Crippen LogP contribution in [0.1, 0.15) is 62.5 Å². The third kappa shape index (κ3) is 5.19. The molecule has 1 aromatic rings. The molecule has 1 nitrogen and oxygen atoms in total. The molecule has 0 atom stereocenters. The Morgan fingerprint density at radius 2 is 1.82 bits per heavy atom. The SMILES string of the molecule is CCc1ccc([C@H]2CC[C@H](CC/C=C/C=C/C#N)CC2)cc1. The summed E-state index contributed by atoms with van der Waals surface area (Å²) in [6, 6.07) is 11.3. The maximum Gasteiger partial charge on any atom is 0.0912 e. The van der Waals surface area contributed by atoms with Crippen molar-refractivity contribution in [2.24, 2.45) is 5.92 Å². The molecule has 22 heavy (non-hydrogen) atoms. The van der Waals surface area contributed by atoms with Gasteiger partial charge in [0.2, 0.25) is 0 Å². The van der Waals surface area contributed by atoms with E-state index >= 15 is 0 Å². The van der Waals surface area contributed by atoms with Gasteiger partial charge in [-0.2, -0.15) is 5.26 Å². The molecule has 0 N–H and O–H groups in total. The molecule has 0 saturated heterocycles. The van der Waals surface area contributed by atoms with Gasteiger partial charge in [0.15, 0.2) is 0 Å². The van der Waals surface area contributed by atoms with Gasteiger partial charge in [-0.05, 0) is 67.9 Å². The molecule has 1 saturated carbocycles. The summed E-state index contributed by atoms with van der Waals surface area (Å²) in [4.78, 5) is 0. The van der Waals surface area contributed by atoms with Crippen LogP contribution in [-0.2, 0) is 6.42 Å². The molecular formula is C21H27N. The average molecular weight is 293 g/mol. The second-order valence-corrected chi connectivity index (χ2v) is 6.31. The number of aryl methyl sites for hydroxylation is 1. The van der Waals surface area contributed by atoms with Crippen molar-refractivity contribution in [3.63, 3.8) is 0 Å². The summed E-state index contributed by atoms with van der Waals surface area (Å²) >= 11 is 0. The van der Waals surface area contributed by atoms with Crippen molar-refractivity contribution in [1.29, 1.82) is 5.26 Å². The van der Waals surface area contributed by atoms with E-state index in [1.165, 1.54) is 49.3 Å². The van der Waals surface area contributed by atoms with Gasteiger partial charge in [0.1, 0.15) is 0 Å². The van der Waals surface area contributed by atoms with Gasteiger partial charge in [-0.1, -0.05) is 49.4 Å². The molecule has 0 unspecified atom stereocenters. The molecule has 1 aliphatic carbocycles. The van der Waals surface area contributed by atoms with E-state index in [1.807, 2.05) is 18.2 Å². The van der Waals surface area contributed by atoms with Crippen molar-refractivity contribution in [1.82, 2.24) is 0 Å². The van der Waals surface area contributed by atoms with Crippen LogP contribution < -0.4 is 0 Å². The normalized spacial score (nSPS) is 22.2. The zero-order valence-corrected chi connectivity index (χ0v) is 13.7. The molecule has 0 amide bonds. The van der Waals surface area contributed by atoms with E-state index in [9.17, 15) is 0 Å². The Kier molecular flexibility index (Phi) is 6.97. The van der Waals surface area contributed by atoms with Crippen LogP contribution in [0.15, 0.2) is 48.6 Å². The topological polar surface area (TPSA) is 23.8 Å². The Bertz CT molecular complexity index is 522. The number of benzene rings is 1. The summed E-state index contributed by atoms with van der Waals surface area (Å²) in [5.41, 5.74) is 2.98. The molecule has 1 aromatic carbocycles. The Morgan fingerprint density at radius 1 is 1.09 bits per heavy atom. The minimum absolute atomic E-state index is 0.774. The van der Waals surface area contributed by atoms with Crippen molar-refractivity contribution in [3.8, 4) is 6.07 Å². The first kappa shape index (κ1) is 16.6. The minimum Gasteiger partial charge on any atom is -0.193 e. The molecule has 116 valence electrons. The predicted octanol–water partition coefficient (Wildman–Crippen LogP) is 5.94. The lowest BCUT2D eigenvalue weighted by Gasteiger charge is -2.28. The summed E-state index contributed by atoms with van der Waals surface area (Å²) in [5, 5.41) is 8.40. The van der Waals surface area contributed by atoms with Crippen molar-refractivity contribution in [2.75, 3.05) is 0 Å². The van der Waals surface area contributed by atoms with Gasteiger partial charge in [0.25, 0.3) is 0 Å². The quantitative estimate of drug-likeness (QED) is 0.470. The van der Waals surface area contributed by atoms with Gasteiger partial charge < -0.3 is 0 Å². The maximum atomic E-state index is 8.40. The van der Waals surface area contributed by atoms with Gasteiger partial charge in [-0.15, -0.1) is 0 Å². The van der Waals surface area contributed by atoms with E-state index in [4.69, 9.17) is 5.26 Å². The van der Waals surface area contributed by atoms with Crippen LogP contribution in [0.3, 0.4) is 0 Å². The zero-order valence-electron chi connectivity index (χ0n) is 13.7. The molecule has 0 heterocycles. The standard InChI is InChI=1S/C21H27N/c1-2-18-9-13-20(14-10-18)21-15-11-19(12-16-21)8-6-4-3-5-7-17-22/h3-5,7,9-10,13-14,19,21H,2,6,8,11-12,15-16H2,1H3/b4-3+,7-5+/t19-,21-. The van der Waals surface area contributed by atoms with Gasteiger partial charge in [-0.25, -0.2) is 0 Å². The molecule has 0 aromatic heterocycles. The first-order chi connectivity index (χ1) is 10.8. The zero-order chi connectivity index (χ0) is 15.6. The van der Waals surface area contributed by atoms with E-state index in [-0.39, 0.29) is 0 Å². The van der Waals surface area contributed by atoms with E-state index in [2.05, 4.69) is 37.3 Å². The van der Waals surface area contributed by atoms with Crippen LogP contribution in [0.4, 0.5) is 0 Å². The Morgan fingerprint density at radius 3 is 2.45 bits per heavy atom. The van der Waals surface area contributed by atoms with Gasteiger partial charge in [-0.3, -0.25) is 0 Å². The van der Waals surface area contributed by atoms with Crippen molar-refractivity contribution in [2.45, 2.75) is 57.8 Å². The van der Waals surface area contributed by atoms with E-state index in [1.54, 1.807) is 0 Å². The number of hydrogen-bond donors (Lipinski definition) is 0. The molecule has 1 fully saturated rings. The minimum atomic E-state index is 0.774. The highest BCUT2D eigenvalue weighted by Gasteiger charge is 2.21. The molecule has 1 heteroatoms. The average Bonchev–Trinajstić information content (AvgIpc) is 2.59. The molecule has 1 aliphatic rings. The van der Waals surface area contributed by atoms with Crippen LogP contribution in [0.2, 0.25) is 0 Å². The summed E-state index contributed by atoms with van der Waals surface area (Å²) in [5.74, 6) is 1.66. The second kappa shape index (κ2) is 9.26. The largest absolute Gasteiger partial charge is 0.193 e. The number of nitrogens with zero attached hydrogens (tertiary/aromatic N) is 1. The van der Waals surface area contributed by atoms with Crippen molar-refractivity contribution >= 4 is 0 Å². The number of rotatable bonds is 6. The Labute approximate surface area is 135 Å². The molecule has 0 radical (unpaired) electrons. The number of allylic oxidation sites excluding steroid dienone is 4. The lowest BCUT2D eigenvalue weighted by atomic mass is 9.77. The summed E-state index contributed by atoms with van der Waals surface area (Å²) in [6.07, 6.45) is 16.5. The highest BCUT2D eigenvalue weighted by molar-refractivity contribution is 5.25. The molecule has 0 bridgehead atoms. The lowest BCUT2D eigenvalue weighted by Crippen LogP contribution is -2.13. The first-order valence-corrected chi connectivity index (χ1v) is 8.63. The maximum absolute atomic E-state index is 8.40. The molecule has 2 rings (SSSR count). The van der Waals surface area contributed by atoms with E-state index in [0.717, 1.165) is 24.7 Å². The van der Waals surface area contributed by atoms with Crippen LogP contribution >= 0.6 is 0 Å². The van der Waals surface area contributed by atoms with Gasteiger partial charge >= 0.3 is 0 Å². The van der Waals surface area contributed by atoms with E-state index < -0.39 is 0 Å². The Balaban J connectivity index is 1.72. The van der Waals surface area contributed by atoms with Crippen LogP contribution in [-0.4, -0.2) is 0 Å². The fourth-order valence-corrected chi connectivity index (χ4v) is 3.42. The van der Waals surface area contributed by atoms with Crippen LogP contribution in [0.25, 0.3) is 0 Å². The number of nitriles is 1. The summed E-state index contributed by atoms with van der Waals surface area (Å²) < 4.78 is 0. The van der Waals surface area contributed by atoms with Crippen molar-refractivity contribution in [3.05, 3.63) is 59.7 Å². The predicted molar refractivity (Wildman–Crippen MR) is 93.6 cm³/mol. The Hall–Kier alpha value is -1.81. The highest BCUT2D eigenvalue weighted by atomic mass is 14.3. The van der Waals surface area contributed by atoms with E-state index in [0.29, 0.717) is 0 Å². The highest BCUT2D eigenvalue weighted by Crippen LogP contribution is 2.37. The van der Waals surface area contributed by atoms with Gasteiger partial charge in [0, 0.05) is 6.08 Å². The number of hydrogen-bond acceptors (Lipinski definition) is 1. The summed E-state index contributed by atoms with van der Waals surface area (Å²) in [6.45, 7) is 2.21. The molecule has 0 spiro atoms.